The number of carbonyl (C=O) groups is 1. The summed E-state index contributed by atoms with van der Waals surface area (Å²) in [5.41, 5.74) is 0. The lowest BCUT2D eigenvalue weighted by molar-refractivity contribution is -0.106. The third-order valence-corrected chi connectivity index (χ3v) is 1.63. The second-order valence-corrected chi connectivity index (χ2v) is 2.47. The van der Waals surface area contributed by atoms with E-state index < -0.39 is 0 Å². The van der Waals surface area contributed by atoms with Crippen molar-refractivity contribution in [1.29, 1.82) is 0 Å². The topological polar surface area (TPSA) is 48.1 Å². The number of fused-ring (bicyclic) bond motifs is 1. The highest BCUT2D eigenvalue weighted by Gasteiger charge is 2.28. The first-order valence-corrected chi connectivity index (χ1v) is 4.11. The number of benzene rings is 1. The molecule has 1 heterocycles. The van der Waals surface area contributed by atoms with Crippen LogP contribution in [0.3, 0.4) is 0 Å². The van der Waals surface area contributed by atoms with Gasteiger partial charge in [0.1, 0.15) is 6.29 Å². The minimum absolute atomic E-state index is 0.685. The maximum absolute atomic E-state index is 8.81. The normalized spacial score (nSPS) is 9.93. The molecule has 0 amide bonds. The van der Waals surface area contributed by atoms with E-state index >= 15 is 0 Å². The molecule has 0 saturated carbocycles. The van der Waals surface area contributed by atoms with Crippen LogP contribution in [0.15, 0.2) is 12.1 Å². The summed E-state index contributed by atoms with van der Waals surface area (Å²) in [7, 11) is 3.20. The van der Waals surface area contributed by atoms with Gasteiger partial charge in [-0.2, -0.15) is 0 Å². The quantitative estimate of drug-likeness (QED) is 0.544. The number of hydrogen-bond acceptors (Lipinski definition) is 4. The van der Waals surface area contributed by atoms with Gasteiger partial charge in [-0.25, -0.2) is 0 Å². The molecule has 0 aliphatic carbocycles. The molecule has 76 valence electrons. The van der Waals surface area contributed by atoms with Crippen molar-refractivity contribution in [3.05, 3.63) is 12.1 Å². The third kappa shape index (κ3) is 1.96. The fourth-order valence-electron chi connectivity index (χ4n) is 1.05. The molecule has 1 aliphatic heterocycles. The van der Waals surface area contributed by atoms with E-state index in [0.717, 1.165) is 17.8 Å². The molecule has 0 radical (unpaired) electrons. The molecular weight excluding hydrogens is 184 g/mol. The summed E-state index contributed by atoms with van der Waals surface area (Å²) in [6, 6.07) is 3.68. The van der Waals surface area contributed by atoms with E-state index in [-0.39, 0.29) is 0 Å². The molecule has 0 saturated heterocycles. The largest absolute Gasteiger partial charge is 0.493 e. The van der Waals surface area contributed by atoms with Crippen LogP contribution in [0.4, 0.5) is 0 Å². The van der Waals surface area contributed by atoms with Crippen LogP contribution in [0, 0.1) is 0 Å². The molecule has 1 aromatic carbocycles. The van der Waals surface area contributed by atoms with Crippen molar-refractivity contribution in [1.82, 2.24) is 0 Å². The fraction of sp³-hybridized carbons (Fsp3) is 0.300. The molecule has 0 unspecified atom stereocenters. The van der Waals surface area contributed by atoms with Crippen molar-refractivity contribution >= 4 is 6.29 Å². The maximum atomic E-state index is 8.81. The average Bonchev–Trinajstić information content (AvgIpc) is 2.95. The Morgan fingerprint density at radius 2 is 1.93 bits per heavy atom. The highest BCUT2D eigenvalue weighted by molar-refractivity contribution is 5.68. The highest BCUT2D eigenvalue weighted by Crippen LogP contribution is 2.56. The van der Waals surface area contributed by atoms with Gasteiger partial charge in [0.05, 0.1) is 14.2 Å². The van der Waals surface area contributed by atoms with Crippen molar-refractivity contribution in [3.8, 4) is 23.0 Å². The second kappa shape index (κ2) is 4.50. The third-order valence-electron chi connectivity index (χ3n) is 1.63. The molecule has 4 nitrogen and oxygen atoms in total. The lowest BCUT2D eigenvalue weighted by Crippen LogP contribution is -1.86. The summed E-state index contributed by atoms with van der Waals surface area (Å²) in [6.07, 6.45) is 0.750. The number of rotatable bonds is 2. The monoisotopic (exact) mass is 196 g/mol. The molecule has 14 heavy (non-hydrogen) atoms. The van der Waals surface area contributed by atoms with Crippen LogP contribution >= 0.6 is 0 Å². The van der Waals surface area contributed by atoms with E-state index in [9.17, 15) is 0 Å². The van der Waals surface area contributed by atoms with Crippen molar-refractivity contribution in [3.63, 3.8) is 0 Å². The van der Waals surface area contributed by atoms with Crippen molar-refractivity contribution in [2.24, 2.45) is 0 Å². The zero-order valence-electron chi connectivity index (χ0n) is 8.37. The first-order chi connectivity index (χ1) is 6.78. The van der Waals surface area contributed by atoms with Crippen molar-refractivity contribution < 1.29 is 19.0 Å². The van der Waals surface area contributed by atoms with Gasteiger partial charge in [-0.3, -0.25) is 0 Å². The molecule has 0 bridgehead atoms. The van der Waals surface area contributed by atoms with E-state index in [1.165, 1.54) is 6.92 Å². The van der Waals surface area contributed by atoms with Crippen LogP contribution in [-0.4, -0.2) is 20.5 Å². The molecule has 4 heteroatoms. The number of aldehydes is 1. The minimum atomic E-state index is 0.685. The van der Waals surface area contributed by atoms with Crippen LogP contribution in [0.25, 0.3) is 0 Å². The number of methoxy groups -OCH3 is 2. The second-order valence-electron chi connectivity index (χ2n) is 2.47. The van der Waals surface area contributed by atoms with Gasteiger partial charge in [-0.1, -0.05) is 0 Å². The average molecular weight is 196 g/mol. The van der Waals surface area contributed by atoms with E-state index in [1.807, 2.05) is 12.1 Å². The first-order valence-electron chi connectivity index (χ1n) is 4.11. The van der Waals surface area contributed by atoms with Gasteiger partial charge in [-0.15, -0.1) is 0 Å². The summed E-state index contributed by atoms with van der Waals surface area (Å²) in [5, 5.41) is 0. The van der Waals surface area contributed by atoms with Gasteiger partial charge in [0.2, 0.25) is 11.5 Å². The summed E-state index contributed by atoms with van der Waals surface area (Å²) >= 11 is 0. The highest BCUT2D eigenvalue weighted by atomic mass is 16.6. The summed E-state index contributed by atoms with van der Waals surface area (Å²) in [4.78, 5) is 8.81. The van der Waals surface area contributed by atoms with Gasteiger partial charge in [0.25, 0.3) is 0 Å². The van der Waals surface area contributed by atoms with Crippen LogP contribution in [0.2, 0.25) is 0 Å². The Balaban J connectivity index is 0.000000293. The van der Waals surface area contributed by atoms with Crippen LogP contribution in [0.1, 0.15) is 6.92 Å². The van der Waals surface area contributed by atoms with Crippen LogP contribution in [-0.2, 0) is 4.79 Å². The van der Waals surface area contributed by atoms with E-state index in [2.05, 4.69) is 0 Å². The summed E-state index contributed by atoms with van der Waals surface area (Å²) in [5.74, 6) is 3.07. The lowest BCUT2D eigenvalue weighted by atomic mass is 10.3. The Morgan fingerprint density at radius 1 is 1.29 bits per heavy atom. The van der Waals surface area contributed by atoms with Gasteiger partial charge < -0.3 is 19.0 Å². The molecule has 1 aliphatic rings. The molecule has 0 spiro atoms. The Morgan fingerprint density at radius 3 is 2.43 bits per heavy atom. The number of carbonyl (C=O) groups excluding carboxylic acids is 1. The molecule has 0 atom stereocenters. The fourth-order valence-corrected chi connectivity index (χ4v) is 1.05. The standard InChI is InChI=1S/C8H8O3.C2H4O/c1-9-5-3-4-6-8(11-6)7(5)10-2;1-2-3/h3-4H,1-2H3;2H,1H3. The van der Waals surface area contributed by atoms with E-state index in [1.54, 1.807) is 14.2 Å². The number of hydrogen-bond donors (Lipinski definition) is 0. The molecule has 2 rings (SSSR count). The Kier molecular flexibility index (Phi) is 3.34. The van der Waals surface area contributed by atoms with Gasteiger partial charge in [0.15, 0.2) is 11.5 Å². The molecule has 1 aromatic rings. The van der Waals surface area contributed by atoms with Crippen molar-refractivity contribution in [2.75, 3.05) is 14.2 Å². The van der Waals surface area contributed by atoms with Crippen LogP contribution in [0.5, 0.6) is 23.0 Å². The van der Waals surface area contributed by atoms with Gasteiger partial charge >= 0.3 is 0 Å². The molecule has 0 N–H and O–H groups in total. The van der Waals surface area contributed by atoms with Crippen LogP contribution < -0.4 is 14.2 Å². The minimum Gasteiger partial charge on any atom is -0.493 e. The zero-order valence-corrected chi connectivity index (χ0v) is 8.37. The predicted octanol–water partition coefficient (Wildman–Crippen LogP) is 2.01. The zero-order chi connectivity index (χ0) is 10.6. The molecule has 0 aromatic heterocycles. The Bertz CT molecular complexity index is 333. The van der Waals surface area contributed by atoms with E-state index in [0.29, 0.717) is 11.5 Å². The summed E-state index contributed by atoms with van der Waals surface area (Å²) in [6.45, 7) is 1.44. The smallest absolute Gasteiger partial charge is 0.215 e. The molecular formula is C10H12O4. The summed E-state index contributed by atoms with van der Waals surface area (Å²) < 4.78 is 15.2. The van der Waals surface area contributed by atoms with Gasteiger partial charge in [-0.05, 0) is 19.1 Å². The Hall–Kier alpha value is -1.71. The molecule has 0 fully saturated rings. The lowest BCUT2D eigenvalue weighted by Gasteiger charge is -2.02. The predicted molar refractivity (Wildman–Crippen MR) is 51.4 cm³/mol. The van der Waals surface area contributed by atoms with Gasteiger partial charge in [0, 0.05) is 0 Å². The SMILES string of the molecule is CC=O.COc1ccc2c(c1OC)O2. The maximum Gasteiger partial charge on any atom is 0.215 e. The number of ether oxygens (including phenoxy) is 3. The van der Waals surface area contributed by atoms with E-state index in [4.69, 9.17) is 19.0 Å². The van der Waals surface area contributed by atoms with Crippen molar-refractivity contribution in [2.45, 2.75) is 6.92 Å². The Labute approximate surface area is 82.4 Å². The first kappa shape index (κ1) is 10.4.